The molecule has 2 rings (SSSR count). The SMILES string of the molecule is FC(F)(F)C(F)(F)CN(Cc1ccccc1)Cc1ccccc1. The summed E-state index contributed by atoms with van der Waals surface area (Å²) in [7, 11) is 0. The van der Waals surface area contributed by atoms with Gasteiger partial charge in [-0.2, -0.15) is 22.0 Å². The first-order valence-corrected chi connectivity index (χ1v) is 7.03. The first kappa shape index (κ1) is 17.4. The van der Waals surface area contributed by atoms with E-state index in [1.807, 2.05) is 0 Å². The molecule has 0 bridgehead atoms. The van der Waals surface area contributed by atoms with Gasteiger partial charge in [-0.15, -0.1) is 0 Å². The van der Waals surface area contributed by atoms with Gasteiger partial charge in [0.15, 0.2) is 0 Å². The molecule has 124 valence electrons. The number of nitrogens with zero attached hydrogens (tertiary/aromatic N) is 1. The van der Waals surface area contributed by atoms with Crippen LogP contribution in [0.25, 0.3) is 0 Å². The molecule has 0 aliphatic carbocycles. The summed E-state index contributed by atoms with van der Waals surface area (Å²) in [5.74, 6) is -4.75. The molecule has 0 atom stereocenters. The maximum atomic E-state index is 13.4. The topological polar surface area (TPSA) is 3.24 Å². The molecule has 0 unspecified atom stereocenters. The lowest BCUT2D eigenvalue weighted by Gasteiger charge is -2.28. The second-order valence-electron chi connectivity index (χ2n) is 5.32. The van der Waals surface area contributed by atoms with Crippen molar-refractivity contribution in [2.75, 3.05) is 6.54 Å². The monoisotopic (exact) mass is 329 g/mol. The number of halogens is 5. The third-order valence-corrected chi connectivity index (χ3v) is 3.33. The maximum Gasteiger partial charge on any atom is 0.454 e. The van der Waals surface area contributed by atoms with Crippen LogP contribution in [-0.4, -0.2) is 23.5 Å². The molecule has 0 aliphatic heterocycles. The minimum absolute atomic E-state index is 0.0153. The summed E-state index contributed by atoms with van der Waals surface area (Å²) in [5, 5.41) is 0. The Morgan fingerprint density at radius 1 is 0.652 bits per heavy atom. The molecular formula is C17H16F5N. The first-order chi connectivity index (χ1) is 10.8. The molecule has 0 saturated heterocycles. The van der Waals surface area contributed by atoms with Gasteiger partial charge in [-0.3, -0.25) is 4.90 Å². The number of hydrogen-bond acceptors (Lipinski definition) is 1. The van der Waals surface area contributed by atoms with Gasteiger partial charge in [-0.25, -0.2) is 0 Å². The molecule has 0 fully saturated rings. The minimum Gasteiger partial charge on any atom is -0.289 e. The van der Waals surface area contributed by atoms with Crippen LogP contribution < -0.4 is 0 Å². The van der Waals surface area contributed by atoms with E-state index in [4.69, 9.17) is 0 Å². The van der Waals surface area contributed by atoms with Gasteiger partial charge < -0.3 is 0 Å². The van der Waals surface area contributed by atoms with Crippen LogP contribution in [0.1, 0.15) is 11.1 Å². The van der Waals surface area contributed by atoms with Crippen molar-refractivity contribution in [3.05, 3.63) is 71.8 Å². The van der Waals surface area contributed by atoms with E-state index >= 15 is 0 Å². The third kappa shape index (κ3) is 5.03. The quantitative estimate of drug-likeness (QED) is 0.682. The summed E-state index contributed by atoms with van der Waals surface area (Å²) in [6.07, 6.45) is -5.56. The van der Waals surface area contributed by atoms with Crippen LogP contribution in [0.3, 0.4) is 0 Å². The van der Waals surface area contributed by atoms with E-state index in [-0.39, 0.29) is 13.1 Å². The average Bonchev–Trinajstić information content (AvgIpc) is 2.47. The van der Waals surface area contributed by atoms with E-state index in [0.717, 1.165) is 4.90 Å². The maximum absolute atomic E-state index is 13.4. The van der Waals surface area contributed by atoms with Crippen molar-refractivity contribution in [3.8, 4) is 0 Å². The zero-order valence-electron chi connectivity index (χ0n) is 12.2. The summed E-state index contributed by atoms with van der Waals surface area (Å²) in [6, 6.07) is 17.2. The van der Waals surface area contributed by atoms with Gasteiger partial charge in [0, 0.05) is 13.1 Å². The summed E-state index contributed by atoms with van der Waals surface area (Å²) in [4.78, 5) is 1.11. The Hall–Kier alpha value is -1.95. The fourth-order valence-corrected chi connectivity index (χ4v) is 2.22. The average molecular weight is 329 g/mol. The lowest BCUT2D eigenvalue weighted by Crippen LogP contribution is -2.46. The molecule has 0 aliphatic rings. The number of alkyl halides is 5. The third-order valence-electron chi connectivity index (χ3n) is 3.33. The highest BCUT2D eigenvalue weighted by Crippen LogP contribution is 2.36. The summed E-state index contributed by atoms with van der Waals surface area (Å²) in [6.45, 7) is -1.34. The highest BCUT2D eigenvalue weighted by atomic mass is 19.4. The Bertz CT molecular complexity index is 554. The van der Waals surface area contributed by atoms with E-state index in [0.29, 0.717) is 11.1 Å². The Labute approximate surface area is 131 Å². The van der Waals surface area contributed by atoms with Gasteiger partial charge in [0.25, 0.3) is 0 Å². The molecule has 0 aromatic heterocycles. The molecule has 2 aromatic rings. The van der Waals surface area contributed by atoms with Crippen molar-refractivity contribution in [1.82, 2.24) is 4.90 Å². The number of hydrogen-bond donors (Lipinski definition) is 0. The van der Waals surface area contributed by atoms with Crippen LogP contribution >= 0.6 is 0 Å². The van der Waals surface area contributed by atoms with Gasteiger partial charge >= 0.3 is 12.1 Å². The molecule has 0 spiro atoms. The molecular weight excluding hydrogens is 313 g/mol. The number of rotatable bonds is 6. The van der Waals surface area contributed by atoms with Gasteiger partial charge in [0.05, 0.1) is 6.54 Å². The van der Waals surface area contributed by atoms with Crippen molar-refractivity contribution >= 4 is 0 Å². The fourth-order valence-electron chi connectivity index (χ4n) is 2.22. The highest BCUT2D eigenvalue weighted by Gasteiger charge is 2.57. The van der Waals surface area contributed by atoms with Crippen molar-refractivity contribution in [2.45, 2.75) is 25.2 Å². The normalized spacial score (nSPS) is 12.6. The zero-order valence-corrected chi connectivity index (χ0v) is 12.2. The van der Waals surface area contributed by atoms with Crippen LogP contribution in [0.4, 0.5) is 22.0 Å². The summed E-state index contributed by atoms with van der Waals surface area (Å²) < 4.78 is 64.3. The molecule has 0 N–H and O–H groups in total. The van der Waals surface area contributed by atoms with Crippen LogP contribution in [0.15, 0.2) is 60.7 Å². The van der Waals surface area contributed by atoms with Crippen molar-refractivity contribution in [1.29, 1.82) is 0 Å². The number of benzene rings is 2. The molecule has 6 heteroatoms. The fraction of sp³-hybridized carbons (Fsp3) is 0.294. The van der Waals surface area contributed by atoms with Crippen LogP contribution in [-0.2, 0) is 13.1 Å². The van der Waals surface area contributed by atoms with Crippen molar-refractivity contribution < 1.29 is 22.0 Å². The molecule has 0 amide bonds. The van der Waals surface area contributed by atoms with E-state index in [9.17, 15) is 22.0 Å². The Balaban J connectivity index is 2.17. The molecule has 23 heavy (non-hydrogen) atoms. The lowest BCUT2D eigenvalue weighted by molar-refractivity contribution is -0.287. The summed E-state index contributed by atoms with van der Waals surface area (Å²) >= 11 is 0. The zero-order chi connectivity index (χ0) is 16.9. The molecule has 0 heterocycles. The van der Waals surface area contributed by atoms with Gasteiger partial charge in [0.2, 0.25) is 0 Å². The van der Waals surface area contributed by atoms with Crippen molar-refractivity contribution in [2.24, 2.45) is 0 Å². The molecule has 1 nitrogen and oxygen atoms in total. The second kappa shape index (κ2) is 7.08. The van der Waals surface area contributed by atoms with Gasteiger partial charge in [-0.1, -0.05) is 60.7 Å². The minimum atomic E-state index is -5.56. The van der Waals surface area contributed by atoms with E-state index < -0.39 is 18.6 Å². The van der Waals surface area contributed by atoms with Gasteiger partial charge in [-0.05, 0) is 11.1 Å². The molecule has 0 radical (unpaired) electrons. The predicted molar refractivity (Wildman–Crippen MR) is 78.0 cm³/mol. The van der Waals surface area contributed by atoms with Crippen LogP contribution in [0.5, 0.6) is 0 Å². The van der Waals surface area contributed by atoms with Crippen LogP contribution in [0, 0.1) is 0 Å². The molecule has 2 aromatic carbocycles. The predicted octanol–water partition coefficient (Wildman–Crippen LogP) is 4.89. The lowest BCUT2D eigenvalue weighted by atomic mass is 10.1. The Morgan fingerprint density at radius 2 is 1.04 bits per heavy atom. The standard InChI is InChI=1S/C17H16F5N/c18-16(19,17(20,21)22)13-23(11-14-7-3-1-4-8-14)12-15-9-5-2-6-10-15/h1-10H,11-13H2. The largest absolute Gasteiger partial charge is 0.454 e. The van der Waals surface area contributed by atoms with Gasteiger partial charge in [0.1, 0.15) is 0 Å². The molecule has 0 saturated carbocycles. The second-order valence-corrected chi connectivity index (χ2v) is 5.32. The Morgan fingerprint density at radius 3 is 1.39 bits per heavy atom. The smallest absolute Gasteiger partial charge is 0.289 e. The van der Waals surface area contributed by atoms with E-state index in [1.165, 1.54) is 0 Å². The van der Waals surface area contributed by atoms with Crippen LogP contribution in [0.2, 0.25) is 0 Å². The van der Waals surface area contributed by atoms with Crippen molar-refractivity contribution in [3.63, 3.8) is 0 Å². The Kier molecular flexibility index (Phi) is 5.36. The van der Waals surface area contributed by atoms with E-state index in [2.05, 4.69) is 0 Å². The highest BCUT2D eigenvalue weighted by molar-refractivity contribution is 5.17. The van der Waals surface area contributed by atoms with E-state index in [1.54, 1.807) is 60.7 Å². The first-order valence-electron chi connectivity index (χ1n) is 7.03. The summed E-state index contributed by atoms with van der Waals surface area (Å²) in [5.41, 5.74) is 1.36.